The van der Waals surface area contributed by atoms with Crippen molar-refractivity contribution in [1.82, 2.24) is 20.2 Å². The van der Waals surface area contributed by atoms with E-state index in [1.165, 1.54) is 24.3 Å². The third-order valence-corrected chi connectivity index (χ3v) is 5.94. The number of carbonyl (C=O) groups is 2. The van der Waals surface area contributed by atoms with Gasteiger partial charge in [0.2, 0.25) is 5.91 Å². The molecule has 168 valence electrons. The Morgan fingerprint density at radius 1 is 1.03 bits per heavy atom. The number of carbonyl (C=O) groups excluding carboxylic acids is 2. The molecule has 2 aromatic carbocycles. The van der Waals surface area contributed by atoms with Gasteiger partial charge >= 0.3 is 6.03 Å². The van der Waals surface area contributed by atoms with E-state index in [9.17, 15) is 22.8 Å². The highest BCUT2D eigenvalue weighted by atomic mass is 32.2. The van der Waals surface area contributed by atoms with Crippen LogP contribution < -0.4 is 20.9 Å². The molecule has 0 aliphatic rings. The molecule has 0 saturated heterocycles. The van der Waals surface area contributed by atoms with E-state index in [2.05, 4.69) is 20.8 Å². The summed E-state index contributed by atoms with van der Waals surface area (Å²) in [5.74, 6) is -0.390. The van der Waals surface area contributed by atoms with E-state index >= 15 is 0 Å². The fraction of sp³-hybridized carbons (Fsp3) is 0.238. The number of nitrogens with zero attached hydrogens (tertiary/aromatic N) is 1. The summed E-state index contributed by atoms with van der Waals surface area (Å²) in [6.45, 7) is 2.33. The Morgan fingerprint density at radius 3 is 2.41 bits per heavy atom. The second-order valence-electron chi connectivity index (χ2n) is 7.01. The van der Waals surface area contributed by atoms with Gasteiger partial charge in [0.25, 0.3) is 15.6 Å². The van der Waals surface area contributed by atoms with Crippen LogP contribution in [0.25, 0.3) is 10.8 Å². The summed E-state index contributed by atoms with van der Waals surface area (Å²) < 4.78 is 26.6. The summed E-state index contributed by atoms with van der Waals surface area (Å²) in [6, 6.07) is 11.4. The summed E-state index contributed by atoms with van der Waals surface area (Å²) in [5, 5.41) is 12.5. The molecule has 10 nitrogen and oxygen atoms in total. The molecule has 0 radical (unpaired) electrons. The lowest BCUT2D eigenvalue weighted by Crippen LogP contribution is -2.39. The molecule has 0 atom stereocenters. The van der Waals surface area contributed by atoms with Crippen molar-refractivity contribution < 1.29 is 18.0 Å². The first kappa shape index (κ1) is 22.9. The van der Waals surface area contributed by atoms with Crippen LogP contribution in [0.3, 0.4) is 0 Å². The maximum absolute atomic E-state index is 12.4. The Kier molecular flexibility index (Phi) is 7.21. The number of sulfonamides is 1. The number of hydrogen-bond donors (Lipinski definition) is 4. The van der Waals surface area contributed by atoms with Crippen LogP contribution in [0.4, 0.5) is 10.5 Å². The van der Waals surface area contributed by atoms with E-state index in [1.54, 1.807) is 24.3 Å². The van der Waals surface area contributed by atoms with E-state index in [4.69, 9.17) is 0 Å². The zero-order valence-corrected chi connectivity index (χ0v) is 18.2. The zero-order chi connectivity index (χ0) is 23.1. The van der Waals surface area contributed by atoms with Crippen molar-refractivity contribution in [3.05, 3.63) is 64.6 Å². The first-order valence-electron chi connectivity index (χ1n) is 9.97. The molecular formula is C21H23N5O5S. The van der Waals surface area contributed by atoms with Gasteiger partial charge in [0.1, 0.15) is 0 Å². The standard InChI is InChI=1S/C21H23N5O5S/c1-2-3-12-22-21(29)26-32(30,31)15-10-8-14(9-11-15)23-19(27)13-18-16-6-4-5-7-17(16)20(28)25-24-18/h4-11H,2-3,12-13H2,1H3,(H,23,27)(H,25,28)(H2,22,26,29). The number of H-pyrrole nitrogens is 1. The summed E-state index contributed by atoms with van der Waals surface area (Å²) in [7, 11) is -4.04. The zero-order valence-electron chi connectivity index (χ0n) is 17.3. The van der Waals surface area contributed by atoms with Crippen molar-refractivity contribution in [2.24, 2.45) is 0 Å². The smallest absolute Gasteiger partial charge is 0.328 e. The van der Waals surface area contributed by atoms with Crippen LogP contribution in [0.2, 0.25) is 0 Å². The first-order chi connectivity index (χ1) is 15.3. The number of aromatic amines is 1. The fourth-order valence-corrected chi connectivity index (χ4v) is 3.91. The minimum absolute atomic E-state index is 0.0865. The Balaban J connectivity index is 1.64. The minimum Gasteiger partial charge on any atom is -0.337 e. The molecule has 0 spiro atoms. The van der Waals surface area contributed by atoms with Gasteiger partial charge in [-0.3, -0.25) is 9.59 Å². The number of rotatable bonds is 8. The van der Waals surface area contributed by atoms with Gasteiger partial charge < -0.3 is 10.6 Å². The van der Waals surface area contributed by atoms with Crippen molar-refractivity contribution in [3.8, 4) is 0 Å². The van der Waals surface area contributed by atoms with Gasteiger partial charge in [-0.05, 0) is 36.8 Å². The van der Waals surface area contributed by atoms with Gasteiger partial charge in [0.15, 0.2) is 0 Å². The van der Waals surface area contributed by atoms with Crippen LogP contribution in [0, 0.1) is 0 Å². The lowest BCUT2D eigenvalue weighted by atomic mass is 10.1. The monoisotopic (exact) mass is 457 g/mol. The van der Waals surface area contributed by atoms with Gasteiger partial charge in [-0.2, -0.15) is 5.10 Å². The molecular weight excluding hydrogens is 434 g/mol. The number of unbranched alkanes of at least 4 members (excludes halogenated alkanes) is 1. The molecule has 32 heavy (non-hydrogen) atoms. The largest absolute Gasteiger partial charge is 0.337 e. The first-order valence-corrected chi connectivity index (χ1v) is 11.5. The molecule has 3 rings (SSSR count). The number of urea groups is 1. The Labute approximate surface area is 184 Å². The summed E-state index contributed by atoms with van der Waals surface area (Å²) in [6.07, 6.45) is 1.53. The summed E-state index contributed by atoms with van der Waals surface area (Å²) >= 11 is 0. The number of amides is 3. The third-order valence-electron chi connectivity index (χ3n) is 4.59. The van der Waals surface area contributed by atoms with Gasteiger partial charge in [-0.15, -0.1) is 0 Å². The number of nitrogens with one attached hydrogen (secondary N) is 4. The Morgan fingerprint density at radius 2 is 1.72 bits per heavy atom. The number of hydrogen-bond acceptors (Lipinski definition) is 6. The molecule has 0 bridgehead atoms. The Bertz CT molecular complexity index is 1290. The second-order valence-corrected chi connectivity index (χ2v) is 8.69. The highest BCUT2D eigenvalue weighted by Crippen LogP contribution is 2.16. The van der Waals surface area contributed by atoms with Crippen molar-refractivity contribution in [3.63, 3.8) is 0 Å². The normalized spacial score (nSPS) is 11.2. The molecule has 3 aromatic rings. The van der Waals surface area contributed by atoms with E-state index in [0.29, 0.717) is 28.7 Å². The molecule has 1 heterocycles. The maximum Gasteiger partial charge on any atom is 0.328 e. The van der Waals surface area contributed by atoms with Crippen LogP contribution in [0.15, 0.2) is 58.2 Å². The van der Waals surface area contributed by atoms with Crippen LogP contribution in [0.1, 0.15) is 25.5 Å². The van der Waals surface area contributed by atoms with E-state index in [-0.39, 0.29) is 16.9 Å². The van der Waals surface area contributed by atoms with Crippen molar-refractivity contribution in [2.45, 2.75) is 31.1 Å². The van der Waals surface area contributed by atoms with E-state index in [0.717, 1.165) is 12.8 Å². The fourth-order valence-electron chi connectivity index (χ4n) is 2.98. The molecule has 3 amide bonds. The maximum atomic E-state index is 12.4. The average Bonchev–Trinajstić information content (AvgIpc) is 2.76. The summed E-state index contributed by atoms with van der Waals surface area (Å²) in [4.78, 5) is 35.9. The molecule has 1 aromatic heterocycles. The van der Waals surface area contributed by atoms with Crippen molar-refractivity contribution in [1.29, 1.82) is 0 Å². The third kappa shape index (κ3) is 5.70. The molecule has 0 unspecified atom stereocenters. The molecule has 4 N–H and O–H groups in total. The molecule has 0 aliphatic heterocycles. The van der Waals surface area contributed by atoms with E-state index < -0.39 is 22.0 Å². The molecule has 0 aliphatic carbocycles. The van der Waals surface area contributed by atoms with Crippen molar-refractivity contribution in [2.75, 3.05) is 11.9 Å². The molecule has 11 heteroatoms. The summed E-state index contributed by atoms with van der Waals surface area (Å²) in [5.41, 5.74) is 0.444. The van der Waals surface area contributed by atoms with Gasteiger partial charge in [0.05, 0.1) is 22.4 Å². The average molecular weight is 458 g/mol. The van der Waals surface area contributed by atoms with Crippen LogP contribution in [0.5, 0.6) is 0 Å². The van der Waals surface area contributed by atoms with Crippen LogP contribution in [-0.4, -0.2) is 37.1 Å². The van der Waals surface area contributed by atoms with Crippen LogP contribution in [-0.2, 0) is 21.2 Å². The van der Waals surface area contributed by atoms with E-state index in [1.807, 2.05) is 11.6 Å². The number of anilines is 1. The molecule has 0 fully saturated rings. The minimum atomic E-state index is -4.04. The predicted molar refractivity (Wildman–Crippen MR) is 120 cm³/mol. The highest BCUT2D eigenvalue weighted by molar-refractivity contribution is 7.90. The number of benzene rings is 2. The number of fused-ring (bicyclic) bond motifs is 1. The highest BCUT2D eigenvalue weighted by Gasteiger charge is 2.17. The quantitative estimate of drug-likeness (QED) is 0.379. The van der Waals surface area contributed by atoms with Gasteiger partial charge in [-0.1, -0.05) is 31.5 Å². The molecule has 0 saturated carbocycles. The predicted octanol–water partition coefficient (Wildman–Crippen LogP) is 1.89. The Hall–Kier alpha value is -3.73. The topological polar surface area (TPSA) is 150 Å². The van der Waals surface area contributed by atoms with Crippen LogP contribution >= 0.6 is 0 Å². The lowest BCUT2D eigenvalue weighted by molar-refractivity contribution is -0.115. The van der Waals surface area contributed by atoms with Gasteiger partial charge in [0, 0.05) is 17.6 Å². The lowest BCUT2D eigenvalue weighted by Gasteiger charge is -2.10. The second kappa shape index (κ2) is 10.1. The van der Waals surface area contributed by atoms with Gasteiger partial charge in [-0.25, -0.2) is 23.0 Å². The van der Waals surface area contributed by atoms with Crippen molar-refractivity contribution >= 4 is 38.4 Å². The SMILES string of the molecule is CCCCNC(=O)NS(=O)(=O)c1ccc(NC(=O)Cc2n[nH]c(=O)c3ccccc23)cc1. The number of aromatic nitrogens is 2.